The molecule has 4 aliphatic carbocycles. The van der Waals surface area contributed by atoms with E-state index in [9.17, 15) is 35.4 Å². The van der Waals surface area contributed by atoms with Crippen molar-refractivity contribution in [2.24, 2.45) is 62.6 Å². The molecule has 5 fully saturated rings. The van der Waals surface area contributed by atoms with Crippen molar-refractivity contribution in [1.82, 2.24) is 0 Å². The van der Waals surface area contributed by atoms with Gasteiger partial charge in [0.15, 0.2) is 18.9 Å². The summed E-state index contributed by atoms with van der Waals surface area (Å²) in [7, 11) is 1.39. The summed E-state index contributed by atoms with van der Waals surface area (Å²) in [4.78, 5) is 28.1. The van der Waals surface area contributed by atoms with Crippen LogP contribution in [0.5, 0.6) is 0 Å². The van der Waals surface area contributed by atoms with Gasteiger partial charge >= 0.3 is 5.97 Å². The van der Waals surface area contributed by atoms with Gasteiger partial charge in [-0.05, 0) is 111 Å². The van der Waals surface area contributed by atoms with Crippen LogP contribution in [0.15, 0.2) is 11.6 Å². The van der Waals surface area contributed by atoms with Crippen molar-refractivity contribution in [3.63, 3.8) is 0 Å². The topological polar surface area (TPSA) is 229 Å². The number of rotatable bonds is 19. The lowest BCUT2D eigenvalue weighted by molar-refractivity contribution is -0.378. The second-order valence-corrected chi connectivity index (χ2v) is 24.0. The Morgan fingerprint density at radius 3 is 2.13 bits per heavy atom. The average molecular weight is 997 g/mol. The average Bonchev–Trinajstić information content (AvgIpc) is 3.30. The number of aldehydes is 1. The SMILES string of the molecule is CCCC1(C(=O)O[C@H](OC)[C@@H](C)O[C@@H]2O[C@@H](C)[C@H](O[C@H](OCC(C)C)C(C)C)[C@@H](O[C@H]3O[C@H](CO)[C@@H](O)[C@H](O)[C@H]3O)[C@H]2O)[C@H](O)C[C@]2(C)C(=CC[C@@H]3[C@@]4(C)CC[C@H](C)[C@@](C)(C=O)[C@@H]4CC[C@]32C)[C@@H]1CC. The fourth-order valence-corrected chi connectivity index (χ4v) is 14.8. The Balaban J connectivity index is 1.25. The molecule has 0 aromatic rings. The predicted octanol–water partition coefficient (Wildman–Crippen LogP) is 5.83. The van der Waals surface area contributed by atoms with Gasteiger partial charge in [-0.15, -0.1) is 0 Å². The maximum absolute atomic E-state index is 15.2. The maximum Gasteiger partial charge on any atom is 0.317 e. The van der Waals surface area contributed by atoms with Crippen LogP contribution in [0.1, 0.15) is 148 Å². The summed E-state index contributed by atoms with van der Waals surface area (Å²) in [6.45, 7) is 26.5. The van der Waals surface area contributed by atoms with Gasteiger partial charge in [0.2, 0.25) is 6.29 Å². The molecule has 404 valence electrons. The molecule has 0 amide bonds. The zero-order valence-corrected chi connectivity index (χ0v) is 44.7. The molecule has 0 aromatic carbocycles. The molecule has 0 spiro atoms. The van der Waals surface area contributed by atoms with Crippen molar-refractivity contribution < 1.29 is 78.1 Å². The first-order valence-corrected chi connectivity index (χ1v) is 26.6. The number of aliphatic hydroxyl groups is 6. The third-order valence-corrected chi connectivity index (χ3v) is 19.1. The van der Waals surface area contributed by atoms with Gasteiger partial charge in [-0.1, -0.05) is 94.2 Å². The number of aliphatic hydroxyl groups excluding tert-OH is 6. The van der Waals surface area contributed by atoms with Gasteiger partial charge in [0.25, 0.3) is 0 Å². The summed E-state index contributed by atoms with van der Waals surface area (Å²) < 4.78 is 49.4. The van der Waals surface area contributed by atoms with E-state index in [0.717, 1.165) is 32.1 Å². The lowest BCUT2D eigenvalue weighted by Gasteiger charge is -2.71. The highest BCUT2D eigenvalue weighted by Crippen LogP contribution is 2.75. The van der Waals surface area contributed by atoms with E-state index >= 15 is 4.79 Å². The van der Waals surface area contributed by atoms with Crippen LogP contribution in [0.4, 0.5) is 0 Å². The fourth-order valence-electron chi connectivity index (χ4n) is 14.8. The van der Waals surface area contributed by atoms with Gasteiger partial charge in [0.05, 0.1) is 25.4 Å². The van der Waals surface area contributed by atoms with E-state index in [1.165, 1.54) is 19.0 Å². The number of esters is 1. The normalized spacial score (nSPS) is 46.5. The van der Waals surface area contributed by atoms with E-state index in [0.29, 0.717) is 44.1 Å². The molecule has 70 heavy (non-hydrogen) atoms. The molecule has 6 rings (SSSR count). The summed E-state index contributed by atoms with van der Waals surface area (Å²) in [5, 5.41) is 66.9. The molecule has 16 heteroatoms. The second-order valence-electron chi connectivity index (χ2n) is 24.0. The third kappa shape index (κ3) is 9.88. The van der Waals surface area contributed by atoms with Crippen molar-refractivity contribution >= 4 is 12.3 Å². The van der Waals surface area contributed by atoms with Gasteiger partial charge in [-0.3, -0.25) is 4.79 Å². The third-order valence-electron chi connectivity index (χ3n) is 19.1. The van der Waals surface area contributed by atoms with Gasteiger partial charge in [-0.25, -0.2) is 0 Å². The first-order chi connectivity index (χ1) is 32.8. The van der Waals surface area contributed by atoms with Crippen molar-refractivity contribution in [3.05, 3.63) is 11.6 Å². The Hall–Kier alpha value is -1.64. The van der Waals surface area contributed by atoms with Crippen LogP contribution < -0.4 is 0 Å². The molecule has 2 aliphatic heterocycles. The largest absolute Gasteiger partial charge is 0.432 e. The minimum absolute atomic E-state index is 0.0581. The molecule has 16 nitrogen and oxygen atoms in total. The molecule has 0 aromatic heterocycles. The molecular weight excluding hydrogens is 905 g/mol. The lowest BCUT2D eigenvalue weighted by Crippen LogP contribution is -2.66. The summed E-state index contributed by atoms with van der Waals surface area (Å²) in [6, 6.07) is 0. The van der Waals surface area contributed by atoms with Crippen molar-refractivity contribution in [3.8, 4) is 0 Å². The van der Waals surface area contributed by atoms with Crippen molar-refractivity contribution in [1.29, 1.82) is 0 Å². The zero-order chi connectivity index (χ0) is 52.1. The Kier molecular flexibility index (Phi) is 18.4. The second kappa shape index (κ2) is 22.3. The quantitative estimate of drug-likeness (QED) is 0.0387. The number of allylic oxidation sites excluding steroid dienone is 2. The standard InChI is InChI=1S/C54H92O16/c1-15-21-54(33(16-2)34-17-18-37-50(10)22-19-30(7)51(11,27-56)36(50)20-23-52(37,12)53(34,13)24-38(54)57)49(62)70-46(63-14)32(9)66-48-42(61)44(69-47-41(60)40(59)39(58)35(25-55)67-47)43(31(8)65-48)68-45(29(5)6)64-26-28(3)4/h17,27-33,35-48,55,57-61H,15-16,18-26H2,1-14H3/t30-,31-,32+,33-,35+,36+,37+,38+,39+,40-,41+,42+,43-,44-,45-,46-,47+,48-,50-,51+,52+,53+,54?/m0/s1. The van der Waals surface area contributed by atoms with E-state index in [2.05, 4.69) is 47.6 Å². The number of hydrogen-bond donors (Lipinski definition) is 6. The fraction of sp³-hybridized carbons (Fsp3) is 0.926. The van der Waals surface area contributed by atoms with E-state index in [1.54, 1.807) is 13.8 Å². The molecule has 6 N–H and O–H groups in total. The monoisotopic (exact) mass is 997 g/mol. The molecule has 0 bridgehead atoms. The number of fused-ring (bicyclic) bond motifs is 5. The number of hydrogen-bond acceptors (Lipinski definition) is 16. The van der Waals surface area contributed by atoms with E-state index in [-0.39, 0.29) is 34.5 Å². The van der Waals surface area contributed by atoms with Gasteiger partial charge in [0.1, 0.15) is 60.5 Å². The van der Waals surface area contributed by atoms with Gasteiger partial charge in [-0.2, -0.15) is 0 Å². The first kappa shape index (κ1) is 57.6. The van der Waals surface area contributed by atoms with Crippen LogP contribution in [0.25, 0.3) is 0 Å². The number of carbonyl (C=O) groups excluding carboxylic acids is 2. The highest BCUT2D eigenvalue weighted by molar-refractivity contribution is 5.79. The van der Waals surface area contributed by atoms with Crippen molar-refractivity contribution in [2.45, 2.75) is 234 Å². The molecule has 6 aliphatic rings. The highest BCUT2D eigenvalue weighted by atomic mass is 16.8. The summed E-state index contributed by atoms with van der Waals surface area (Å²) >= 11 is 0. The molecule has 3 saturated carbocycles. The molecule has 2 heterocycles. The summed E-state index contributed by atoms with van der Waals surface area (Å²) in [5.41, 5.74) is -1.16. The van der Waals surface area contributed by atoms with Crippen LogP contribution in [0, 0.1) is 62.6 Å². The van der Waals surface area contributed by atoms with Crippen LogP contribution in [-0.4, -0.2) is 149 Å². The van der Waals surface area contributed by atoms with E-state index in [1.807, 2.05) is 34.6 Å². The van der Waals surface area contributed by atoms with E-state index < -0.39 is 115 Å². The maximum atomic E-state index is 15.2. The van der Waals surface area contributed by atoms with Gasteiger partial charge in [0, 0.05) is 18.4 Å². The summed E-state index contributed by atoms with van der Waals surface area (Å²) in [5.74, 6) is -0.0239. The molecular formula is C54H92O16. The highest BCUT2D eigenvalue weighted by Gasteiger charge is 2.70. The Labute approximate surface area is 417 Å². The minimum atomic E-state index is -1.78. The van der Waals surface area contributed by atoms with E-state index in [4.69, 9.17) is 37.9 Å². The first-order valence-electron chi connectivity index (χ1n) is 26.6. The smallest absolute Gasteiger partial charge is 0.317 e. The molecule has 0 radical (unpaired) electrons. The van der Waals surface area contributed by atoms with Crippen molar-refractivity contribution in [2.75, 3.05) is 20.3 Å². The zero-order valence-electron chi connectivity index (χ0n) is 44.7. The van der Waals surface area contributed by atoms with Crippen LogP contribution in [-0.2, 0) is 47.5 Å². The van der Waals surface area contributed by atoms with Crippen LogP contribution in [0.2, 0.25) is 0 Å². The predicted molar refractivity (Wildman–Crippen MR) is 258 cm³/mol. The molecule has 1 unspecified atom stereocenters. The number of carbonyl (C=O) groups is 2. The Morgan fingerprint density at radius 2 is 1.54 bits per heavy atom. The lowest BCUT2D eigenvalue weighted by atomic mass is 9.33. The summed E-state index contributed by atoms with van der Waals surface area (Å²) in [6.07, 6.45) is -8.32. The molecule has 23 atom stereocenters. The minimum Gasteiger partial charge on any atom is -0.432 e. The van der Waals surface area contributed by atoms with Gasteiger partial charge < -0.3 is 73.3 Å². The van der Waals surface area contributed by atoms with Crippen LogP contribution in [0.3, 0.4) is 0 Å². The Bertz CT molecular complexity index is 1790. The molecule has 2 saturated heterocycles. The Morgan fingerprint density at radius 1 is 0.857 bits per heavy atom. The number of ether oxygens (including phenoxy) is 8. The number of methoxy groups -OCH3 is 1. The van der Waals surface area contributed by atoms with Crippen LogP contribution >= 0.6 is 0 Å².